The van der Waals surface area contributed by atoms with E-state index < -0.39 is 0 Å². The molecule has 1 aromatic heterocycles. The van der Waals surface area contributed by atoms with Crippen LogP contribution in [0.4, 0.5) is 0 Å². The van der Waals surface area contributed by atoms with Crippen LogP contribution in [0, 0.1) is 0 Å². The number of rotatable bonds is 3. The van der Waals surface area contributed by atoms with Gasteiger partial charge in [-0.1, -0.05) is 11.8 Å². The Kier molecular flexibility index (Phi) is 3.04. The second-order valence-electron chi connectivity index (χ2n) is 2.05. The molecule has 0 aliphatic rings. The lowest BCUT2D eigenvalue weighted by Crippen LogP contribution is -1.94. The zero-order chi connectivity index (χ0) is 8.10. The van der Waals surface area contributed by atoms with Gasteiger partial charge in [-0.15, -0.1) is 5.10 Å². The standard InChI is InChI=1S/C7H8N2OS/c1-6(10)5-11-7-3-2-4-8-9-7/h2-4H,5H2,1H3. The molecule has 0 N–H and O–H groups in total. The van der Waals surface area contributed by atoms with E-state index in [0.29, 0.717) is 5.75 Å². The Labute approximate surface area is 69.2 Å². The first-order chi connectivity index (χ1) is 5.29. The molecule has 0 atom stereocenters. The van der Waals surface area contributed by atoms with Gasteiger partial charge in [0.25, 0.3) is 0 Å². The maximum absolute atomic E-state index is 10.5. The summed E-state index contributed by atoms with van der Waals surface area (Å²) in [4.78, 5) is 10.5. The van der Waals surface area contributed by atoms with Crippen LogP contribution < -0.4 is 0 Å². The minimum Gasteiger partial charge on any atom is -0.299 e. The van der Waals surface area contributed by atoms with Crippen molar-refractivity contribution in [2.45, 2.75) is 11.9 Å². The molecule has 0 saturated heterocycles. The number of thioether (sulfide) groups is 1. The van der Waals surface area contributed by atoms with E-state index in [-0.39, 0.29) is 5.78 Å². The first kappa shape index (κ1) is 8.20. The fraction of sp³-hybridized carbons (Fsp3) is 0.286. The van der Waals surface area contributed by atoms with Crippen LogP contribution in [0.2, 0.25) is 0 Å². The highest BCUT2D eigenvalue weighted by Gasteiger charge is 1.96. The maximum Gasteiger partial charge on any atom is 0.140 e. The van der Waals surface area contributed by atoms with Gasteiger partial charge in [-0.25, -0.2) is 0 Å². The van der Waals surface area contributed by atoms with Crippen molar-refractivity contribution in [3.63, 3.8) is 0 Å². The van der Waals surface area contributed by atoms with Crippen LogP contribution in [0.1, 0.15) is 6.92 Å². The number of carbonyl (C=O) groups is 1. The van der Waals surface area contributed by atoms with E-state index in [9.17, 15) is 4.79 Å². The third kappa shape index (κ3) is 3.13. The van der Waals surface area contributed by atoms with Gasteiger partial charge in [0, 0.05) is 6.20 Å². The van der Waals surface area contributed by atoms with Gasteiger partial charge in [0.2, 0.25) is 0 Å². The van der Waals surface area contributed by atoms with E-state index in [1.165, 1.54) is 11.8 Å². The average molecular weight is 168 g/mol. The summed E-state index contributed by atoms with van der Waals surface area (Å²) in [7, 11) is 0. The molecule has 0 aliphatic heterocycles. The number of nitrogens with zero attached hydrogens (tertiary/aromatic N) is 2. The number of hydrogen-bond acceptors (Lipinski definition) is 4. The quantitative estimate of drug-likeness (QED) is 0.635. The number of aromatic nitrogens is 2. The predicted molar refractivity (Wildman–Crippen MR) is 43.4 cm³/mol. The molecule has 1 heterocycles. The highest BCUT2D eigenvalue weighted by Crippen LogP contribution is 2.12. The molecule has 0 fully saturated rings. The monoisotopic (exact) mass is 168 g/mol. The fourth-order valence-corrected chi connectivity index (χ4v) is 1.17. The van der Waals surface area contributed by atoms with Crippen LogP contribution in [0.15, 0.2) is 23.4 Å². The van der Waals surface area contributed by atoms with Crippen LogP contribution in [0.25, 0.3) is 0 Å². The summed E-state index contributed by atoms with van der Waals surface area (Å²) in [6.45, 7) is 1.56. The lowest BCUT2D eigenvalue weighted by atomic mass is 10.5. The van der Waals surface area contributed by atoms with Gasteiger partial charge in [-0.2, -0.15) is 5.10 Å². The molecule has 0 radical (unpaired) electrons. The number of ketones is 1. The van der Waals surface area contributed by atoms with Crippen molar-refractivity contribution in [3.05, 3.63) is 18.3 Å². The fourth-order valence-electron chi connectivity index (χ4n) is 0.540. The van der Waals surface area contributed by atoms with Crippen molar-refractivity contribution in [2.24, 2.45) is 0 Å². The van der Waals surface area contributed by atoms with Crippen LogP contribution in [0.3, 0.4) is 0 Å². The lowest BCUT2D eigenvalue weighted by molar-refractivity contribution is -0.114. The lowest BCUT2D eigenvalue weighted by Gasteiger charge is -1.93. The molecule has 11 heavy (non-hydrogen) atoms. The van der Waals surface area contributed by atoms with E-state index in [1.54, 1.807) is 19.2 Å². The molecule has 0 spiro atoms. The molecule has 4 heteroatoms. The zero-order valence-electron chi connectivity index (χ0n) is 6.15. The summed E-state index contributed by atoms with van der Waals surface area (Å²) in [5.74, 6) is 0.624. The van der Waals surface area contributed by atoms with Gasteiger partial charge >= 0.3 is 0 Å². The molecule has 1 rings (SSSR count). The van der Waals surface area contributed by atoms with Crippen LogP contribution in [-0.4, -0.2) is 21.7 Å². The van der Waals surface area contributed by atoms with E-state index >= 15 is 0 Å². The van der Waals surface area contributed by atoms with Crippen molar-refractivity contribution >= 4 is 17.5 Å². The minimum atomic E-state index is 0.153. The van der Waals surface area contributed by atoms with E-state index in [0.717, 1.165) is 5.03 Å². The van der Waals surface area contributed by atoms with Crippen LogP contribution in [0.5, 0.6) is 0 Å². The number of hydrogen-bond donors (Lipinski definition) is 0. The SMILES string of the molecule is CC(=O)CSc1cccnn1. The number of carbonyl (C=O) groups excluding carboxylic acids is 1. The van der Waals surface area contributed by atoms with E-state index in [4.69, 9.17) is 0 Å². The van der Waals surface area contributed by atoms with Crippen molar-refractivity contribution < 1.29 is 4.79 Å². The molecular formula is C7H8N2OS. The second kappa shape index (κ2) is 4.08. The Bertz CT molecular complexity index is 237. The van der Waals surface area contributed by atoms with Gasteiger partial charge in [0.1, 0.15) is 10.8 Å². The molecule has 0 unspecified atom stereocenters. The molecule has 1 aromatic rings. The van der Waals surface area contributed by atoms with Crippen LogP contribution in [-0.2, 0) is 4.79 Å². The largest absolute Gasteiger partial charge is 0.299 e. The predicted octanol–water partition coefficient (Wildman–Crippen LogP) is 1.16. The Hall–Kier alpha value is -0.900. The highest BCUT2D eigenvalue weighted by atomic mass is 32.2. The molecular weight excluding hydrogens is 160 g/mol. The van der Waals surface area contributed by atoms with E-state index in [1.807, 2.05) is 6.07 Å². The van der Waals surface area contributed by atoms with Gasteiger partial charge in [0.15, 0.2) is 0 Å². The average Bonchev–Trinajstić information content (AvgIpc) is 2.03. The van der Waals surface area contributed by atoms with Gasteiger partial charge in [-0.05, 0) is 19.1 Å². The normalized spacial score (nSPS) is 9.55. The highest BCUT2D eigenvalue weighted by molar-refractivity contribution is 7.99. The topological polar surface area (TPSA) is 42.9 Å². The molecule has 0 amide bonds. The smallest absolute Gasteiger partial charge is 0.140 e. The Balaban J connectivity index is 2.45. The minimum absolute atomic E-state index is 0.153. The van der Waals surface area contributed by atoms with Crippen molar-refractivity contribution in [2.75, 3.05) is 5.75 Å². The van der Waals surface area contributed by atoms with E-state index in [2.05, 4.69) is 10.2 Å². The Morgan fingerprint density at radius 1 is 1.73 bits per heavy atom. The Morgan fingerprint density at radius 2 is 2.55 bits per heavy atom. The summed E-state index contributed by atoms with van der Waals surface area (Å²) in [5.41, 5.74) is 0. The summed E-state index contributed by atoms with van der Waals surface area (Å²) in [6.07, 6.45) is 1.61. The summed E-state index contributed by atoms with van der Waals surface area (Å²) >= 11 is 1.41. The van der Waals surface area contributed by atoms with Crippen molar-refractivity contribution in [3.8, 4) is 0 Å². The second-order valence-corrected chi connectivity index (χ2v) is 3.05. The molecule has 0 aromatic carbocycles. The van der Waals surface area contributed by atoms with Gasteiger partial charge in [-0.3, -0.25) is 4.79 Å². The number of Topliss-reactive ketones (excluding diaryl/α,β-unsaturated/α-hetero) is 1. The molecule has 0 bridgehead atoms. The molecule has 58 valence electrons. The first-order valence-electron chi connectivity index (χ1n) is 3.19. The summed E-state index contributed by atoms with van der Waals surface area (Å²) < 4.78 is 0. The maximum atomic E-state index is 10.5. The van der Waals surface area contributed by atoms with Crippen molar-refractivity contribution in [1.82, 2.24) is 10.2 Å². The Morgan fingerprint density at radius 3 is 3.09 bits per heavy atom. The van der Waals surface area contributed by atoms with Gasteiger partial charge < -0.3 is 0 Å². The summed E-state index contributed by atoms with van der Waals surface area (Å²) in [5, 5.41) is 8.29. The van der Waals surface area contributed by atoms with Gasteiger partial charge in [0.05, 0.1) is 5.75 Å². The molecule has 0 aliphatic carbocycles. The third-order valence-electron chi connectivity index (χ3n) is 0.971. The third-order valence-corrected chi connectivity index (χ3v) is 2.04. The molecule has 0 saturated carbocycles. The molecule has 3 nitrogen and oxygen atoms in total. The zero-order valence-corrected chi connectivity index (χ0v) is 6.97. The van der Waals surface area contributed by atoms with Crippen LogP contribution >= 0.6 is 11.8 Å². The first-order valence-corrected chi connectivity index (χ1v) is 4.17. The van der Waals surface area contributed by atoms with Crippen molar-refractivity contribution in [1.29, 1.82) is 0 Å². The summed E-state index contributed by atoms with van der Waals surface area (Å²) in [6, 6.07) is 3.63.